The lowest BCUT2D eigenvalue weighted by molar-refractivity contribution is 0.354. The first-order valence-electron chi connectivity index (χ1n) is 6.16. The zero-order valence-electron chi connectivity index (χ0n) is 11.8. The maximum absolute atomic E-state index is 5.90. The lowest BCUT2D eigenvalue weighted by Gasteiger charge is -2.16. The number of hydrogen-bond donors (Lipinski definition) is 2. The first-order valence-corrected chi connectivity index (χ1v) is 6.16. The molecule has 2 rings (SSSR count). The van der Waals surface area contributed by atoms with Gasteiger partial charge in [-0.2, -0.15) is 4.98 Å². The fourth-order valence-corrected chi connectivity index (χ4v) is 2.05. The van der Waals surface area contributed by atoms with E-state index in [9.17, 15) is 0 Å². The normalized spacial score (nSPS) is 11.9. The van der Waals surface area contributed by atoms with Gasteiger partial charge in [0.1, 0.15) is 5.82 Å². The van der Waals surface area contributed by atoms with Gasteiger partial charge in [0.25, 0.3) is 0 Å². The van der Waals surface area contributed by atoms with E-state index in [1.165, 1.54) is 0 Å². The summed E-state index contributed by atoms with van der Waals surface area (Å²) in [6.07, 6.45) is 1.65. The smallest absolute Gasteiger partial charge is 0.221 e. The summed E-state index contributed by atoms with van der Waals surface area (Å²) in [7, 11) is 3.21. The van der Waals surface area contributed by atoms with Crippen molar-refractivity contribution in [2.24, 2.45) is 0 Å². The first-order chi connectivity index (χ1) is 9.56. The molecule has 0 amide bonds. The van der Waals surface area contributed by atoms with Crippen molar-refractivity contribution in [3.63, 3.8) is 0 Å². The summed E-state index contributed by atoms with van der Waals surface area (Å²) < 4.78 is 10.5. The molecule has 0 aliphatic rings. The van der Waals surface area contributed by atoms with E-state index in [0.29, 0.717) is 17.3 Å². The number of rotatable bonds is 4. The van der Waals surface area contributed by atoms with Crippen LogP contribution in [0.15, 0.2) is 24.4 Å². The molecule has 1 atom stereocenters. The molecule has 0 fully saturated rings. The van der Waals surface area contributed by atoms with Gasteiger partial charge in [-0.1, -0.05) is 13.0 Å². The summed E-state index contributed by atoms with van der Waals surface area (Å²) in [6.45, 7) is 2.02. The molecule has 1 heterocycles. The van der Waals surface area contributed by atoms with Crippen molar-refractivity contribution in [3.8, 4) is 11.5 Å². The average Bonchev–Trinajstić information content (AvgIpc) is 2.45. The molecule has 6 nitrogen and oxygen atoms in total. The van der Waals surface area contributed by atoms with Gasteiger partial charge in [0.05, 0.1) is 14.2 Å². The van der Waals surface area contributed by atoms with Crippen molar-refractivity contribution >= 4 is 11.8 Å². The largest absolute Gasteiger partial charge is 0.493 e. The predicted molar refractivity (Wildman–Crippen MR) is 77.9 cm³/mol. The number of aromatic nitrogens is 2. The van der Waals surface area contributed by atoms with Crippen LogP contribution < -0.4 is 20.9 Å². The van der Waals surface area contributed by atoms with E-state index in [2.05, 4.69) is 9.97 Å². The number of ether oxygens (including phenoxy) is 2. The second-order valence-electron chi connectivity index (χ2n) is 4.40. The summed E-state index contributed by atoms with van der Waals surface area (Å²) in [4.78, 5) is 7.98. The Kier molecular flexibility index (Phi) is 3.93. The zero-order valence-corrected chi connectivity index (χ0v) is 11.8. The second kappa shape index (κ2) is 5.64. The Labute approximate surface area is 117 Å². The highest BCUT2D eigenvalue weighted by atomic mass is 16.5. The highest BCUT2D eigenvalue weighted by Crippen LogP contribution is 2.34. The molecule has 2 aromatic rings. The number of nitrogen functional groups attached to an aromatic ring is 2. The van der Waals surface area contributed by atoms with Crippen molar-refractivity contribution in [2.45, 2.75) is 12.8 Å². The molecule has 0 bridgehead atoms. The molecule has 6 heteroatoms. The third kappa shape index (κ3) is 2.59. The molecule has 1 unspecified atom stereocenters. The number of hydrogen-bond acceptors (Lipinski definition) is 6. The van der Waals surface area contributed by atoms with Gasteiger partial charge in [0.15, 0.2) is 11.5 Å². The van der Waals surface area contributed by atoms with E-state index >= 15 is 0 Å². The second-order valence-corrected chi connectivity index (χ2v) is 4.40. The van der Waals surface area contributed by atoms with Crippen LogP contribution in [0.5, 0.6) is 11.5 Å². The van der Waals surface area contributed by atoms with Gasteiger partial charge >= 0.3 is 0 Å². The van der Waals surface area contributed by atoms with Crippen LogP contribution in [0, 0.1) is 0 Å². The molecule has 0 aliphatic heterocycles. The van der Waals surface area contributed by atoms with Crippen LogP contribution in [0.25, 0.3) is 0 Å². The van der Waals surface area contributed by atoms with E-state index in [1.54, 1.807) is 20.4 Å². The molecule has 0 spiro atoms. The van der Waals surface area contributed by atoms with Gasteiger partial charge < -0.3 is 20.9 Å². The summed E-state index contributed by atoms with van der Waals surface area (Å²) >= 11 is 0. The molecule has 0 radical (unpaired) electrons. The summed E-state index contributed by atoms with van der Waals surface area (Å²) in [5, 5.41) is 0. The predicted octanol–water partition coefficient (Wildman–Crippen LogP) is 1.81. The molecule has 20 heavy (non-hydrogen) atoms. The van der Waals surface area contributed by atoms with Gasteiger partial charge in [-0.15, -0.1) is 0 Å². The Morgan fingerprint density at radius 2 is 1.80 bits per heavy atom. The quantitative estimate of drug-likeness (QED) is 0.882. The van der Waals surface area contributed by atoms with Crippen LogP contribution >= 0.6 is 0 Å². The Hall–Kier alpha value is -2.50. The Balaban J connectivity index is 2.40. The van der Waals surface area contributed by atoms with E-state index in [1.807, 2.05) is 25.1 Å². The molecule has 1 aromatic heterocycles. The minimum Gasteiger partial charge on any atom is -0.493 e. The van der Waals surface area contributed by atoms with Crippen LogP contribution in [0.3, 0.4) is 0 Å². The molecule has 4 N–H and O–H groups in total. The van der Waals surface area contributed by atoms with Gasteiger partial charge in [0, 0.05) is 17.7 Å². The number of anilines is 2. The van der Waals surface area contributed by atoms with Crippen molar-refractivity contribution in [3.05, 3.63) is 35.5 Å². The third-order valence-corrected chi connectivity index (χ3v) is 3.24. The summed E-state index contributed by atoms with van der Waals surface area (Å²) in [5.41, 5.74) is 13.3. The monoisotopic (exact) mass is 274 g/mol. The Bertz CT molecular complexity index is 616. The van der Waals surface area contributed by atoms with E-state index in [0.717, 1.165) is 11.1 Å². The van der Waals surface area contributed by atoms with Crippen LogP contribution in [-0.2, 0) is 0 Å². The molecule has 0 saturated carbocycles. The first kappa shape index (κ1) is 13.9. The minimum absolute atomic E-state index is 0.0235. The highest BCUT2D eigenvalue weighted by Gasteiger charge is 2.15. The van der Waals surface area contributed by atoms with Crippen molar-refractivity contribution in [1.29, 1.82) is 0 Å². The fraction of sp³-hybridized carbons (Fsp3) is 0.286. The standard InChI is InChI=1S/C14H18N4O2/c1-8(10-7-17-14(16)18-13(10)15)9-4-5-11(19-2)12(6-9)20-3/h4-8H,1-3H3,(H4,15,16,17,18). The third-order valence-electron chi connectivity index (χ3n) is 3.24. The van der Waals surface area contributed by atoms with E-state index in [-0.39, 0.29) is 11.9 Å². The molecule has 106 valence electrons. The van der Waals surface area contributed by atoms with Crippen molar-refractivity contribution in [1.82, 2.24) is 9.97 Å². The number of methoxy groups -OCH3 is 2. The average molecular weight is 274 g/mol. The van der Waals surface area contributed by atoms with Gasteiger partial charge in [-0.3, -0.25) is 0 Å². The molecular formula is C14H18N4O2. The number of nitrogens with zero attached hydrogens (tertiary/aromatic N) is 2. The number of benzene rings is 1. The minimum atomic E-state index is 0.0235. The van der Waals surface area contributed by atoms with Gasteiger partial charge in [-0.25, -0.2) is 4.98 Å². The maximum Gasteiger partial charge on any atom is 0.221 e. The SMILES string of the molecule is COc1ccc(C(C)c2cnc(N)nc2N)cc1OC. The maximum atomic E-state index is 5.90. The molecule has 0 saturated heterocycles. The fourth-order valence-electron chi connectivity index (χ4n) is 2.05. The lowest BCUT2D eigenvalue weighted by atomic mass is 9.94. The zero-order chi connectivity index (χ0) is 14.7. The van der Waals surface area contributed by atoms with Gasteiger partial charge in [-0.05, 0) is 17.7 Å². The Morgan fingerprint density at radius 1 is 1.10 bits per heavy atom. The molecule has 0 aliphatic carbocycles. The van der Waals surface area contributed by atoms with Crippen LogP contribution in [0.1, 0.15) is 24.0 Å². The highest BCUT2D eigenvalue weighted by molar-refractivity contribution is 5.50. The molecular weight excluding hydrogens is 256 g/mol. The van der Waals surface area contributed by atoms with Crippen LogP contribution in [0.2, 0.25) is 0 Å². The summed E-state index contributed by atoms with van der Waals surface area (Å²) in [6, 6.07) is 5.74. The van der Waals surface area contributed by atoms with Crippen molar-refractivity contribution in [2.75, 3.05) is 25.7 Å². The lowest BCUT2D eigenvalue weighted by Crippen LogP contribution is -2.07. The molecule has 1 aromatic carbocycles. The number of nitrogens with two attached hydrogens (primary N) is 2. The van der Waals surface area contributed by atoms with E-state index in [4.69, 9.17) is 20.9 Å². The van der Waals surface area contributed by atoms with Crippen LogP contribution in [-0.4, -0.2) is 24.2 Å². The topological polar surface area (TPSA) is 96.3 Å². The van der Waals surface area contributed by atoms with Gasteiger partial charge in [0.2, 0.25) is 5.95 Å². The van der Waals surface area contributed by atoms with E-state index < -0.39 is 0 Å². The van der Waals surface area contributed by atoms with Crippen LogP contribution in [0.4, 0.5) is 11.8 Å². The summed E-state index contributed by atoms with van der Waals surface area (Å²) in [5.74, 6) is 1.94. The Morgan fingerprint density at radius 3 is 2.40 bits per heavy atom. The van der Waals surface area contributed by atoms with Crippen molar-refractivity contribution < 1.29 is 9.47 Å².